The molecule has 2 amide bonds. The molecule has 0 spiro atoms. The predicted molar refractivity (Wildman–Crippen MR) is 103 cm³/mol. The van der Waals surface area contributed by atoms with Crippen LogP contribution in [-0.2, 0) is 16.1 Å². The van der Waals surface area contributed by atoms with Gasteiger partial charge in [0.1, 0.15) is 12.4 Å². The van der Waals surface area contributed by atoms with Gasteiger partial charge in [-0.3, -0.25) is 10.1 Å². The van der Waals surface area contributed by atoms with E-state index >= 15 is 0 Å². The Morgan fingerprint density at radius 3 is 2.42 bits per heavy atom. The number of carbonyl (C=O) groups is 2. The molecule has 26 heavy (non-hydrogen) atoms. The number of hydrogen-bond acceptors (Lipinski definition) is 5. The first kappa shape index (κ1) is 19.2. The van der Waals surface area contributed by atoms with Crippen LogP contribution in [-0.4, -0.2) is 24.2 Å². The predicted octanol–water partition coefficient (Wildman–Crippen LogP) is 3.28. The average molecular weight is 373 g/mol. The highest BCUT2D eigenvalue weighted by Gasteiger charge is 2.10. The molecule has 8 heteroatoms. The number of carbonyl (C=O) groups excluding carboxylic acids is 2. The van der Waals surface area contributed by atoms with Crippen LogP contribution in [0.2, 0.25) is 0 Å². The summed E-state index contributed by atoms with van der Waals surface area (Å²) in [6.07, 6.45) is -0.694. The maximum Gasteiger partial charge on any atom is 0.413 e. The smallest absolute Gasteiger partial charge is 0.413 e. The van der Waals surface area contributed by atoms with E-state index in [1.165, 1.54) is 14.0 Å². The molecule has 0 heterocycles. The molecule has 0 aliphatic carbocycles. The van der Waals surface area contributed by atoms with Crippen LogP contribution in [0.3, 0.4) is 0 Å². The highest BCUT2D eigenvalue weighted by molar-refractivity contribution is 7.80. The van der Waals surface area contributed by atoms with Crippen LogP contribution in [0.25, 0.3) is 0 Å². The van der Waals surface area contributed by atoms with Gasteiger partial charge in [-0.25, -0.2) is 4.79 Å². The Bertz CT molecular complexity index is 796. The van der Waals surface area contributed by atoms with E-state index < -0.39 is 6.09 Å². The van der Waals surface area contributed by atoms with Gasteiger partial charge in [0.25, 0.3) is 0 Å². The third-order valence-corrected chi connectivity index (χ3v) is 3.40. The van der Waals surface area contributed by atoms with Crippen molar-refractivity contribution in [1.29, 1.82) is 0 Å². The van der Waals surface area contributed by atoms with Crippen molar-refractivity contribution < 1.29 is 19.1 Å². The van der Waals surface area contributed by atoms with Crippen molar-refractivity contribution in [1.82, 2.24) is 5.32 Å². The van der Waals surface area contributed by atoms with Crippen molar-refractivity contribution in [2.45, 2.75) is 13.5 Å². The topological polar surface area (TPSA) is 88.7 Å². The Kier molecular flexibility index (Phi) is 6.92. The van der Waals surface area contributed by atoms with Crippen LogP contribution in [0.15, 0.2) is 48.5 Å². The molecule has 2 aromatic carbocycles. The minimum atomic E-state index is -0.694. The van der Waals surface area contributed by atoms with Gasteiger partial charge in [-0.15, -0.1) is 0 Å². The van der Waals surface area contributed by atoms with Gasteiger partial charge in [-0.2, -0.15) is 0 Å². The van der Waals surface area contributed by atoms with Gasteiger partial charge in [0.2, 0.25) is 5.91 Å². The summed E-state index contributed by atoms with van der Waals surface area (Å²) < 4.78 is 10.3. The summed E-state index contributed by atoms with van der Waals surface area (Å²) in [5.74, 6) is 0.337. The van der Waals surface area contributed by atoms with Gasteiger partial charge in [0.15, 0.2) is 5.11 Å². The van der Waals surface area contributed by atoms with Crippen molar-refractivity contribution in [2.75, 3.05) is 17.7 Å². The van der Waals surface area contributed by atoms with E-state index in [0.717, 1.165) is 5.56 Å². The van der Waals surface area contributed by atoms with Gasteiger partial charge in [0.05, 0.1) is 18.5 Å². The first-order chi connectivity index (χ1) is 12.5. The van der Waals surface area contributed by atoms with E-state index in [-0.39, 0.29) is 11.0 Å². The Morgan fingerprint density at radius 2 is 1.77 bits per heavy atom. The lowest BCUT2D eigenvalue weighted by atomic mass is 10.2. The van der Waals surface area contributed by atoms with Crippen molar-refractivity contribution >= 4 is 40.7 Å². The second-order valence-corrected chi connectivity index (χ2v) is 5.64. The molecular formula is C18H19N3O4S. The molecule has 0 saturated heterocycles. The first-order valence-corrected chi connectivity index (χ1v) is 8.13. The lowest BCUT2D eigenvalue weighted by Gasteiger charge is -2.15. The fraction of sp³-hybridized carbons (Fsp3) is 0.167. The Balaban J connectivity index is 2.14. The number of hydrogen-bond donors (Lipinski definition) is 3. The Morgan fingerprint density at radius 1 is 1.04 bits per heavy atom. The summed E-state index contributed by atoms with van der Waals surface area (Å²) >= 11 is 5.06. The third kappa shape index (κ3) is 6.06. The number of thiocarbonyl (C=S) groups is 1. The number of nitrogens with one attached hydrogen (secondary N) is 3. The van der Waals surface area contributed by atoms with Gasteiger partial charge in [-0.05, 0) is 29.9 Å². The molecule has 3 N–H and O–H groups in total. The van der Waals surface area contributed by atoms with E-state index in [4.69, 9.17) is 17.0 Å². The Hall–Kier alpha value is -3.13. The number of ether oxygens (including phenoxy) is 2. The van der Waals surface area contributed by atoms with E-state index in [0.29, 0.717) is 23.7 Å². The zero-order valence-electron chi connectivity index (χ0n) is 14.4. The zero-order chi connectivity index (χ0) is 18.9. The van der Waals surface area contributed by atoms with Gasteiger partial charge < -0.3 is 20.1 Å². The lowest BCUT2D eigenvalue weighted by molar-refractivity contribution is -0.114. The summed E-state index contributed by atoms with van der Waals surface area (Å²) in [5.41, 5.74) is 2.00. The average Bonchev–Trinajstić information content (AvgIpc) is 2.62. The number of alkyl carbamates (subject to hydrolysis) is 1. The normalized spacial score (nSPS) is 9.77. The van der Waals surface area contributed by atoms with Crippen molar-refractivity contribution in [3.05, 3.63) is 54.1 Å². The summed E-state index contributed by atoms with van der Waals surface area (Å²) in [4.78, 5) is 22.6. The molecule has 2 rings (SSSR count). The van der Waals surface area contributed by atoms with Crippen molar-refractivity contribution in [3.63, 3.8) is 0 Å². The van der Waals surface area contributed by atoms with Crippen LogP contribution >= 0.6 is 12.2 Å². The fourth-order valence-electron chi connectivity index (χ4n) is 2.05. The molecule has 0 radical (unpaired) electrons. The van der Waals surface area contributed by atoms with Crippen LogP contribution < -0.4 is 20.7 Å². The van der Waals surface area contributed by atoms with Crippen LogP contribution in [0.4, 0.5) is 16.2 Å². The van der Waals surface area contributed by atoms with Crippen LogP contribution in [0.1, 0.15) is 12.5 Å². The summed E-state index contributed by atoms with van der Waals surface area (Å²) in [7, 11) is 1.23. The highest BCUT2D eigenvalue weighted by Crippen LogP contribution is 2.28. The second kappa shape index (κ2) is 9.38. The quantitative estimate of drug-likeness (QED) is 0.697. The van der Waals surface area contributed by atoms with Crippen LogP contribution in [0, 0.1) is 0 Å². The molecule has 0 bridgehead atoms. The fourth-order valence-corrected chi connectivity index (χ4v) is 2.25. The van der Waals surface area contributed by atoms with Crippen LogP contribution in [0.5, 0.6) is 5.75 Å². The number of amides is 2. The van der Waals surface area contributed by atoms with E-state index in [1.54, 1.807) is 18.2 Å². The SMILES string of the molecule is COC(=O)NC(=S)Nc1cc(OCc2ccccc2)ccc1NC(C)=O. The first-order valence-electron chi connectivity index (χ1n) is 7.72. The number of benzene rings is 2. The summed E-state index contributed by atoms with van der Waals surface area (Å²) in [6, 6.07) is 14.8. The molecule has 0 saturated carbocycles. The molecule has 0 fully saturated rings. The molecule has 2 aromatic rings. The standard InChI is InChI=1S/C18H19N3O4S/c1-12(22)19-15-9-8-14(25-11-13-6-4-3-5-7-13)10-16(15)20-17(26)21-18(23)24-2/h3-10H,11H2,1-2H3,(H,19,22)(H2,20,21,23,26). The molecular weight excluding hydrogens is 354 g/mol. The zero-order valence-corrected chi connectivity index (χ0v) is 15.2. The highest BCUT2D eigenvalue weighted by atomic mass is 32.1. The van der Waals surface area contributed by atoms with Crippen molar-refractivity contribution in [2.24, 2.45) is 0 Å². The van der Waals surface area contributed by atoms with Gasteiger partial charge >= 0.3 is 6.09 Å². The van der Waals surface area contributed by atoms with Gasteiger partial charge in [-0.1, -0.05) is 30.3 Å². The molecule has 7 nitrogen and oxygen atoms in total. The van der Waals surface area contributed by atoms with E-state index in [1.807, 2.05) is 30.3 Å². The molecule has 0 unspecified atom stereocenters. The second-order valence-electron chi connectivity index (χ2n) is 5.23. The Labute approximate surface area is 156 Å². The molecule has 0 aromatic heterocycles. The number of rotatable bonds is 5. The summed E-state index contributed by atoms with van der Waals surface area (Å²) in [5, 5.41) is 7.90. The minimum absolute atomic E-state index is 0.0312. The molecule has 0 atom stereocenters. The monoisotopic (exact) mass is 373 g/mol. The molecule has 0 aliphatic rings. The molecule has 0 aliphatic heterocycles. The van der Waals surface area contributed by atoms with E-state index in [2.05, 4.69) is 20.7 Å². The number of anilines is 2. The maximum atomic E-state index is 11.4. The van der Waals surface area contributed by atoms with E-state index in [9.17, 15) is 9.59 Å². The summed E-state index contributed by atoms with van der Waals surface area (Å²) in [6.45, 7) is 1.79. The molecule has 136 valence electrons. The third-order valence-electron chi connectivity index (χ3n) is 3.20. The van der Waals surface area contributed by atoms with Crippen molar-refractivity contribution in [3.8, 4) is 5.75 Å². The largest absolute Gasteiger partial charge is 0.489 e. The van der Waals surface area contributed by atoms with Gasteiger partial charge in [0, 0.05) is 13.0 Å². The lowest BCUT2D eigenvalue weighted by Crippen LogP contribution is -2.34. The maximum absolute atomic E-state index is 11.4. The minimum Gasteiger partial charge on any atom is -0.489 e. The number of methoxy groups -OCH3 is 1.